The zero-order valence-corrected chi connectivity index (χ0v) is 15.0. The zero-order chi connectivity index (χ0) is 15.4. The molecule has 1 aliphatic carbocycles. The Kier molecular flexibility index (Phi) is 7.66. The highest BCUT2D eigenvalue weighted by molar-refractivity contribution is 5.86. The van der Waals surface area contributed by atoms with Crippen LogP contribution < -0.4 is 11.1 Å². The van der Waals surface area contributed by atoms with Crippen molar-refractivity contribution in [3.05, 3.63) is 42.4 Å². The van der Waals surface area contributed by atoms with E-state index >= 15 is 0 Å². The maximum atomic E-state index is 12.3. The predicted molar refractivity (Wildman–Crippen MR) is 97.7 cm³/mol. The molecule has 1 saturated carbocycles. The van der Waals surface area contributed by atoms with E-state index in [0.29, 0.717) is 6.54 Å². The van der Waals surface area contributed by atoms with Gasteiger partial charge in [0.25, 0.3) is 0 Å². The van der Waals surface area contributed by atoms with Crippen LogP contribution in [0.15, 0.2) is 36.8 Å². The van der Waals surface area contributed by atoms with Crippen LogP contribution in [-0.2, 0) is 11.3 Å². The number of aromatic nitrogens is 3. The van der Waals surface area contributed by atoms with Gasteiger partial charge >= 0.3 is 0 Å². The van der Waals surface area contributed by atoms with Gasteiger partial charge in [0.15, 0.2) is 5.82 Å². The molecule has 3 rings (SSSR count). The van der Waals surface area contributed by atoms with Crippen molar-refractivity contribution in [1.29, 1.82) is 0 Å². The van der Waals surface area contributed by atoms with Crippen LogP contribution in [0.4, 0.5) is 0 Å². The van der Waals surface area contributed by atoms with Crippen LogP contribution in [0, 0.1) is 0 Å². The molecule has 0 aromatic carbocycles. The predicted octanol–water partition coefficient (Wildman–Crippen LogP) is 2.39. The molecule has 2 aromatic rings. The number of hydrogen-bond donors (Lipinski definition) is 2. The largest absolute Gasteiger partial charge is 0.350 e. The highest BCUT2D eigenvalue weighted by Gasteiger charge is 2.34. The molecule has 0 aliphatic heterocycles. The SMILES string of the molecule is Cl.Cl.NC1(C(=O)NCc2ccnc(-n3cccn3)c2)CCCCC1. The van der Waals surface area contributed by atoms with Crippen LogP contribution in [0.25, 0.3) is 5.82 Å². The van der Waals surface area contributed by atoms with E-state index in [-0.39, 0.29) is 30.7 Å². The molecule has 0 bridgehead atoms. The Morgan fingerprint density at radius 1 is 1.25 bits per heavy atom. The van der Waals surface area contributed by atoms with Crippen LogP contribution >= 0.6 is 24.8 Å². The summed E-state index contributed by atoms with van der Waals surface area (Å²) in [4.78, 5) is 16.6. The van der Waals surface area contributed by atoms with Gasteiger partial charge in [-0.05, 0) is 36.6 Å². The number of carbonyl (C=O) groups is 1. The average Bonchev–Trinajstić information content (AvgIpc) is 3.08. The van der Waals surface area contributed by atoms with Crippen molar-refractivity contribution in [1.82, 2.24) is 20.1 Å². The molecule has 0 unspecified atom stereocenters. The van der Waals surface area contributed by atoms with Crippen molar-refractivity contribution in [2.24, 2.45) is 5.73 Å². The Hall–Kier alpha value is -1.63. The second-order valence-electron chi connectivity index (χ2n) is 5.87. The first-order valence-corrected chi connectivity index (χ1v) is 7.69. The summed E-state index contributed by atoms with van der Waals surface area (Å²) in [6.45, 7) is 0.453. The van der Waals surface area contributed by atoms with Crippen LogP contribution in [-0.4, -0.2) is 26.2 Å². The fourth-order valence-corrected chi connectivity index (χ4v) is 2.87. The second kappa shape index (κ2) is 9.01. The van der Waals surface area contributed by atoms with Crippen molar-refractivity contribution in [3.63, 3.8) is 0 Å². The lowest BCUT2D eigenvalue weighted by Gasteiger charge is -2.31. The fourth-order valence-electron chi connectivity index (χ4n) is 2.87. The third kappa shape index (κ3) is 4.69. The minimum absolute atomic E-state index is 0. The monoisotopic (exact) mass is 371 g/mol. The summed E-state index contributed by atoms with van der Waals surface area (Å²) in [6, 6.07) is 5.64. The van der Waals surface area contributed by atoms with E-state index in [2.05, 4.69) is 15.4 Å². The van der Waals surface area contributed by atoms with Gasteiger partial charge in [0, 0.05) is 25.1 Å². The summed E-state index contributed by atoms with van der Waals surface area (Å²) in [5.41, 5.74) is 6.52. The Morgan fingerprint density at radius 2 is 2.00 bits per heavy atom. The van der Waals surface area contributed by atoms with Gasteiger partial charge in [0.05, 0.1) is 5.54 Å². The van der Waals surface area contributed by atoms with Gasteiger partial charge < -0.3 is 11.1 Å². The number of carbonyl (C=O) groups excluding carboxylic acids is 1. The summed E-state index contributed by atoms with van der Waals surface area (Å²) < 4.78 is 1.69. The lowest BCUT2D eigenvalue weighted by atomic mass is 9.82. The number of nitrogens with two attached hydrogens (primary N) is 1. The second-order valence-corrected chi connectivity index (χ2v) is 5.87. The van der Waals surface area contributed by atoms with Crippen LogP contribution in [0.3, 0.4) is 0 Å². The van der Waals surface area contributed by atoms with Gasteiger partial charge in [-0.15, -0.1) is 24.8 Å². The molecule has 0 radical (unpaired) electrons. The molecule has 0 atom stereocenters. The van der Waals surface area contributed by atoms with Gasteiger partial charge in [-0.1, -0.05) is 19.3 Å². The Bertz CT molecular complexity index is 642. The topological polar surface area (TPSA) is 85.8 Å². The summed E-state index contributed by atoms with van der Waals surface area (Å²) in [5, 5.41) is 7.11. The molecule has 2 heterocycles. The smallest absolute Gasteiger partial charge is 0.240 e. The molecule has 1 aliphatic rings. The minimum atomic E-state index is -0.698. The number of nitrogens with one attached hydrogen (secondary N) is 1. The molecule has 3 N–H and O–H groups in total. The molecule has 1 amide bonds. The number of nitrogens with zero attached hydrogens (tertiary/aromatic N) is 3. The van der Waals surface area contributed by atoms with E-state index in [1.807, 2.05) is 24.4 Å². The first-order chi connectivity index (χ1) is 10.7. The zero-order valence-electron chi connectivity index (χ0n) is 13.4. The Balaban J connectivity index is 0.00000144. The van der Waals surface area contributed by atoms with Crippen molar-refractivity contribution in [3.8, 4) is 5.82 Å². The molecule has 6 nitrogen and oxygen atoms in total. The molecule has 0 spiro atoms. The van der Waals surface area contributed by atoms with Gasteiger partial charge in [-0.2, -0.15) is 5.10 Å². The lowest BCUT2D eigenvalue weighted by Crippen LogP contribution is -2.54. The van der Waals surface area contributed by atoms with E-state index in [4.69, 9.17) is 5.73 Å². The van der Waals surface area contributed by atoms with Crippen molar-refractivity contribution >= 4 is 30.7 Å². The molecule has 0 saturated heterocycles. The van der Waals surface area contributed by atoms with Gasteiger partial charge in [-0.25, -0.2) is 9.67 Å². The molecule has 8 heteroatoms. The van der Waals surface area contributed by atoms with Crippen molar-refractivity contribution in [2.45, 2.75) is 44.2 Å². The maximum absolute atomic E-state index is 12.3. The summed E-state index contributed by atoms with van der Waals surface area (Å²) in [7, 11) is 0. The molecular formula is C16H23Cl2N5O. The van der Waals surface area contributed by atoms with E-state index in [9.17, 15) is 4.79 Å². The maximum Gasteiger partial charge on any atom is 0.240 e. The third-order valence-electron chi connectivity index (χ3n) is 4.20. The molecule has 132 valence electrons. The number of halogens is 2. The minimum Gasteiger partial charge on any atom is -0.350 e. The Labute approximate surface area is 154 Å². The fraction of sp³-hybridized carbons (Fsp3) is 0.438. The number of amides is 1. The number of rotatable bonds is 4. The quantitative estimate of drug-likeness (QED) is 0.863. The molecule has 2 aromatic heterocycles. The van der Waals surface area contributed by atoms with Crippen LogP contribution in [0.1, 0.15) is 37.7 Å². The van der Waals surface area contributed by atoms with Crippen LogP contribution in [0.2, 0.25) is 0 Å². The normalized spacial score (nSPS) is 15.7. The lowest BCUT2D eigenvalue weighted by molar-refractivity contribution is -0.127. The standard InChI is InChI=1S/C16H21N5O.2ClH/c17-16(6-2-1-3-7-16)15(22)19-12-13-5-9-18-14(11-13)21-10-4-8-20-21;;/h4-5,8-11H,1-3,6-7,12,17H2,(H,19,22);2*1H. The molecule has 24 heavy (non-hydrogen) atoms. The highest BCUT2D eigenvalue weighted by atomic mass is 35.5. The number of hydrogen-bond acceptors (Lipinski definition) is 4. The highest BCUT2D eigenvalue weighted by Crippen LogP contribution is 2.26. The summed E-state index contributed by atoms with van der Waals surface area (Å²) in [6.07, 6.45) is 10.0. The molecule has 1 fully saturated rings. The van der Waals surface area contributed by atoms with Gasteiger partial charge in [0.1, 0.15) is 0 Å². The van der Waals surface area contributed by atoms with Gasteiger partial charge in [0.2, 0.25) is 5.91 Å². The van der Waals surface area contributed by atoms with E-state index in [0.717, 1.165) is 37.1 Å². The first kappa shape index (κ1) is 20.4. The average molecular weight is 372 g/mol. The first-order valence-electron chi connectivity index (χ1n) is 7.69. The summed E-state index contributed by atoms with van der Waals surface area (Å²) in [5.74, 6) is 0.682. The van der Waals surface area contributed by atoms with E-state index in [1.54, 1.807) is 17.1 Å². The number of pyridine rings is 1. The van der Waals surface area contributed by atoms with Crippen molar-refractivity contribution in [2.75, 3.05) is 0 Å². The Morgan fingerprint density at radius 3 is 2.67 bits per heavy atom. The van der Waals surface area contributed by atoms with E-state index in [1.165, 1.54) is 6.42 Å². The summed E-state index contributed by atoms with van der Waals surface area (Å²) >= 11 is 0. The van der Waals surface area contributed by atoms with E-state index < -0.39 is 5.54 Å². The molecular weight excluding hydrogens is 349 g/mol. The van der Waals surface area contributed by atoms with Gasteiger partial charge in [-0.3, -0.25) is 4.79 Å². The van der Waals surface area contributed by atoms with Crippen LogP contribution in [0.5, 0.6) is 0 Å². The third-order valence-corrected chi connectivity index (χ3v) is 4.20. The van der Waals surface area contributed by atoms with Crippen molar-refractivity contribution < 1.29 is 4.79 Å².